The van der Waals surface area contributed by atoms with Gasteiger partial charge in [-0.2, -0.15) is 0 Å². The summed E-state index contributed by atoms with van der Waals surface area (Å²) in [5.41, 5.74) is 6.02. The number of amides is 1. The Bertz CT molecular complexity index is 235. The van der Waals surface area contributed by atoms with Crippen molar-refractivity contribution >= 4 is 18.3 Å². The van der Waals surface area contributed by atoms with Crippen LogP contribution in [0.25, 0.3) is 0 Å². The van der Waals surface area contributed by atoms with E-state index in [0.717, 1.165) is 32.5 Å². The third-order valence-electron chi connectivity index (χ3n) is 3.28. The van der Waals surface area contributed by atoms with Gasteiger partial charge in [-0.1, -0.05) is 0 Å². The van der Waals surface area contributed by atoms with E-state index in [9.17, 15) is 4.79 Å². The van der Waals surface area contributed by atoms with Crippen LogP contribution in [0.1, 0.15) is 19.3 Å². The quantitative estimate of drug-likeness (QED) is 0.726. The first-order valence-electron chi connectivity index (χ1n) is 6.24. The number of methoxy groups -OCH3 is 1. The van der Waals surface area contributed by atoms with Crippen LogP contribution in [0.4, 0.5) is 0 Å². The van der Waals surface area contributed by atoms with Crippen molar-refractivity contribution in [3.05, 3.63) is 0 Å². The molecule has 0 aromatic carbocycles. The Morgan fingerprint density at radius 3 is 2.67 bits per heavy atom. The second kappa shape index (κ2) is 9.55. The molecule has 2 N–H and O–H groups in total. The highest BCUT2D eigenvalue weighted by Crippen LogP contribution is 2.18. The van der Waals surface area contributed by atoms with Gasteiger partial charge in [-0.3, -0.25) is 4.79 Å². The van der Waals surface area contributed by atoms with E-state index in [1.807, 2.05) is 0 Å². The number of carbonyl (C=O) groups excluding carboxylic acids is 1. The highest BCUT2D eigenvalue weighted by molar-refractivity contribution is 5.85. The fraction of sp³-hybridized carbons (Fsp3) is 0.917. The van der Waals surface area contributed by atoms with Crippen LogP contribution in [-0.2, 0) is 14.3 Å². The molecule has 1 heterocycles. The first-order chi connectivity index (χ1) is 8.16. The average Bonchev–Trinajstić information content (AvgIpc) is 2.38. The predicted octanol–water partition coefficient (Wildman–Crippen LogP) is 0.657. The van der Waals surface area contributed by atoms with Crippen LogP contribution in [0.15, 0.2) is 0 Å². The van der Waals surface area contributed by atoms with Gasteiger partial charge in [0.1, 0.15) is 0 Å². The zero-order valence-electron chi connectivity index (χ0n) is 11.3. The Morgan fingerprint density at radius 1 is 1.50 bits per heavy atom. The lowest BCUT2D eigenvalue weighted by Gasteiger charge is -2.29. The maximum Gasteiger partial charge on any atom is 0.239 e. The number of halogens is 1. The van der Waals surface area contributed by atoms with Crippen molar-refractivity contribution in [3.63, 3.8) is 0 Å². The van der Waals surface area contributed by atoms with Crippen molar-refractivity contribution in [1.82, 2.24) is 4.90 Å². The van der Waals surface area contributed by atoms with Crippen LogP contribution in [0.2, 0.25) is 0 Å². The summed E-state index contributed by atoms with van der Waals surface area (Å²) in [6.45, 7) is 2.81. The summed E-state index contributed by atoms with van der Waals surface area (Å²) in [7, 11) is 3.47. The van der Waals surface area contributed by atoms with Gasteiger partial charge in [0.05, 0.1) is 6.04 Å². The van der Waals surface area contributed by atoms with E-state index < -0.39 is 0 Å². The van der Waals surface area contributed by atoms with E-state index in [-0.39, 0.29) is 30.3 Å². The number of nitrogens with zero attached hydrogens (tertiary/aromatic N) is 1. The zero-order chi connectivity index (χ0) is 12.7. The highest BCUT2D eigenvalue weighted by atomic mass is 35.5. The van der Waals surface area contributed by atoms with Gasteiger partial charge in [-0.25, -0.2) is 0 Å². The molecule has 0 bridgehead atoms. The molecule has 0 radical (unpaired) electrons. The van der Waals surface area contributed by atoms with Gasteiger partial charge in [-0.05, 0) is 25.2 Å². The molecule has 18 heavy (non-hydrogen) atoms. The molecule has 0 aliphatic carbocycles. The number of ether oxygens (including phenoxy) is 2. The van der Waals surface area contributed by atoms with Gasteiger partial charge in [0.15, 0.2) is 0 Å². The lowest BCUT2D eigenvalue weighted by Crippen LogP contribution is -2.48. The summed E-state index contributed by atoms with van der Waals surface area (Å²) in [4.78, 5) is 13.8. The molecule has 0 aromatic heterocycles. The average molecular weight is 281 g/mol. The largest absolute Gasteiger partial charge is 0.385 e. The standard InChI is InChI=1S/C12H24N2O3.ClH/c1-14(6-3-7-16-2)12(15)11(13)10-4-8-17-9-5-10;/h10-11H,3-9,13H2,1-2H3;1H. The van der Waals surface area contributed by atoms with Crippen LogP contribution in [0, 0.1) is 5.92 Å². The van der Waals surface area contributed by atoms with Gasteiger partial charge in [0.2, 0.25) is 5.91 Å². The van der Waals surface area contributed by atoms with E-state index in [4.69, 9.17) is 15.2 Å². The van der Waals surface area contributed by atoms with Gasteiger partial charge in [0.25, 0.3) is 0 Å². The molecule has 0 spiro atoms. The van der Waals surface area contributed by atoms with Crippen LogP contribution in [0.3, 0.4) is 0 Å². The number of likely N-dealkylation sites (N-methyl/N-ethyl adjacent to an activating group) is 1. The van der Waals surface area contributed by atoms with Crippen LogP contribution < -0.4 is 5.73 Å². The van der Waals surface area contributed by atoms with E-state index in [1.54, 1.807) is 19.1 Å². The van der Waals surface area contributed by atoms with E-state index in [1.165, 1.54) is 0 Å². The third-order valence-corrected chi connectivity index (χ3v) is 3.28. The van der Waals surface area contributed by atoms with Crippen LogP contribution >= 0.6 is 12.4 Å². The zero-order valence-corrected chi connectivity index (χ0v) is 12.1. The number of carbonyl (C=O) groups is 1. The lowest BCUT2D eigenvalue weighted by molar-refractivity contribution is -0.133. The summed E-state index contributed by atoms with van der Waals surface area (Å²) in [6, 6.07) is -0.383. The molecule has 1 rings (SSSR count). The molecule has 1 aliphatic heterocycles. The number of hydrogen-bond acceptors (Lipinski definition) is 4. The van der Waals surface area contributed by atoms with Crippen molar-refractivity contribution in [2.45, 2.75) is 25.3 Å². The Kier molecular flexibility index (Phi) is 9.36. The Labute approximate surface area is 115 Å². The van der Waals surface area contributed by atoms with Gasteiger partial charge >= 0.3 is 0 Å². The second-order valence-corrected chi connectivity index (χ2v) is 4.58. The molecule has 1 saturated heterocycles. The third kappa shape index (κ3) is 5.52. The van der Waals surface area contributed by atoms with Gasteiger partial charge in [0, 0.05) is 40.5 Å². The summed E-state index contributed by atoms with van der Waals surface area (Å²) in [5, 5.41) is 0. The number of hydrogen-bond donors (Lipinski definition) is 1. The fourth-order valence-corrected chi connectivity index (χ4v) is 2.09. The topological polar surface area (TPSA) is 64.8 Å². The lowest BCUT2D eigenvalue weighted by atomic mass is 9.91. The molecule has 1 fully saturated rings. The smallest absolute Gasteiger partial charge is 0.239 e. The highest BCUT2D eigenvalue weighted by Gasteiger charge is 2.28. The fourth-order valence-electron chi connectivity index (χ4n) is 2.09. The molecule has 5 nitrogen and oxygen atoms in total. The van der Waals surface area contributed by atoms with Gasteiger partial charge < -0.3 is 20.1 Å². The minimum atomic E-state index is -0.383. The predicted molar refractivity (Wildman–Crippen MR) is 72.9 cm³/mol. The van der Waals surface area contributed by atoms with Gasteiger partial charge in [-0.15, -0.1) is 12.4 Å². The molecular weight excluding hydrogens is 256 g/mol. The second-order valence-electron chi connectivity index (χ2n) is 4.58. The first-order valence-corrected chi connectivity index (χ1v) is 6.24. The van der Waals surface area contributed by atoms with E-state index in [2.05, 4.69) is 0 Å². The summed E-state index contributed by atoms with van der Waals surface area (Å²) in [5.74, 6) is 0.300. The van der Waals surface area contributed by atoms with Crippen molar-refractivity contribution in [1.29, 1.82) is 0 Å². The Morgan fingerprint density at radius 2 is 2.11 bits per heavy atom. The molecule has 1 atom stereocenters. The summed E-state index contributed by atoms with van der Waals surface area (Å²) >= 11 is 0. The van der Waals surface area contributed by atoms with Crippen molar-refractivity contribution in [3.8, 4) is 0 Å². The molecule has 1 amide bonds. The molecule has 1 unspecified atom stereocenters. The molecule has 6 heteroatoms. The SMILES string of the molecule is COCCCN(C)C(=O)C(N)C1CCOCC1.Cl. The number of rotatable bonds is 6. The molecule has 1 aliphatic rings. The van der Waals surface area contributed by atoms with Crippen molar-refractivity contribution in [2.24, 2.45) is 11.7 Å². The molecule has 108 valence electrons. The number of nitrogens with two attached hydrogens (primary N) is 1. The minimum absolute atomic E-state index is 0. The van der Waals surface area contributed by atoms with E-state index in [0.29, 0.717) is 13.2 Å². The first kappa shape index (κ1) is 17.6. The van der Waals surface area contributed by atoms with E-state index >= 15 is 0 Å². The molecule has 0 aromatic rings. The van der Waals surface area contributed by atoms with Crippen LogP contribution in [-0.4, -0.2) is 57.4 Å². The maximum atomic E-state index is 12.1. The minimum Gasteiger partial charge on any atom is -0.385 e. The van der Waals surface area contributed by atoms with Crippen LogP contribution in [0.5, 0.6) is 0 Å². The molecule has 0 saturated carbocycles. The van der Waals surface area contributed by atoms with Crippen molar-refractivity contribution in [2.75, 3.05) is 40.5 Å². The normalized spacial score (nSPS) is 17.9. The summed E-state index contributed by atoms with van der Waals surface area (Å²) in [6.07, 6.45) is 2.62. The Hall–Kier alpha value is -0.360. The summed E-state index contributed by atoms with van der Waals surface area (Å²) < 4.78 is 10.2. The van der Waals surface area contributed by atoms with Crippen molar-refractivity contribution < 1.29 is 14.3 Å². The Balaban J connectivity index is 0.00000289. The maximum absolute atomic E-state index is 12.1. The molecular formula is C12H25ClN2O3. The monoisotopic (exact) mass is 280 g/mol.